The standard InChI is InChI=1S/C14H15N3O6S/c1-8-4-12(23-3)13(5-9(8)2)24(21,22)16-14-11(18)6-10(7-15-14)17(19)20/h4-7,18H,1-3H3,(H,15,16). The molecule has 10 heteroatoms. The minimum absolute atomic E-state index is 0.131. The van der Waals surface area contributed by atoms with Gasteiger partial charge >= 0.3 is 0 Å². The summed E-state index contributed by atoms with van der Waals surface area (Å²) in [4.78, 5) is 13.3. The highest BCUT2D eigenvalue weighted by molar-refractivity contribution is 7.92. The van der Waals surface area contributed by atoms with Gasteiger partial charge in [0.05, 0.1) is 18.1 Å². The quantitative estimate of drug-likeness (QED) is 0.621. The summed E-state index contributed by atoms with van der Waals surface area (Å²) >= 11 is 0. The molecule has 2 N–H and O–H groups in total. The third-order valence-corrected chi connectivity index (χ3v) is 4.72. The lowest BCUT2D eigenvalue weighted by atomic mass is 10.1. The summed E-state index contributed by atoms with van der Waals surface area (Å²) in [5.41, 5.74) is 1.12. The maximum absolute atomic E-state index is 12.5. The van der Waals surface area contributed by atoms with Crippen molar-refractivity contribution in [2.45, 2.75) is 18.7 Å². The summed E-state index contributed by atoms with van der Waals surface area (Å²) < 4.78 is 32.3. The molecule has 0 fully saturated rings. The molecule has 2 aromatic rings. The van der Waals surface area contributed by atoms with Gasteiger partial charge in [0, 0.05) is 0 Å². The number of aryl methyl sites for hydroxylation is 2. The molecule has 0 amide bonds. The summed E-state index contributed by atoms with van der Waals surface area (Å²) in [5, 5.41) is 20.4. The summed E-state index contributed by atoms with van der Waals surface area (Å²) in [6, 6.07) is 3.81. The van der Waals surface area contributed by atoms with Gasteiger partial charge < -0.3 is 9.84 Å². The second kappa shape index (κ2) is 6.32. The number of methoxy groups -OCH3 is 1. The molecule has 0 atom stereocenters. The SMILES string of the molecule is COc1cc(C)c(C)cc1S(=O)(=O)Nc1ncc([N+](=O)[O-])cc1O. The predicted octanol–water partition coefficient (Wildman–Crippen LogP) is 2.12. The van der Waals surface area contributed by atoms with Crippen molar-refractivity contribution in [3.63, 3.8) is 0 Å². The number of ether oxygens (including phenoxy) is 1. The molecule has 0 spiro atoms. The van der Waals surface area contributed by atoms with Crippen LogP contribution in [0.4, 0.5) is 11.5 Å². The molecule has 0 unspecified atom stereocenters. The highest BCUT2D eigenvalue weighted by Gasteiger charge is 2.23. The molecule has 0 saturated carbocycles. The molecule has 0 saturated heterocycles. The second-order valence-corrected chi connectivity index (χ2v) is 6.66. The maximum Gasteiger partial charge on any atom is 0.291 e. The Kier molecular flexibility index (Phi) is 4.60. The van der Waals surface area contributed by atoms with Crippen LogP contribution in [0.15, 0.2) is 29.3 Å². The Hall–Kier alpha value is -2.88. The largest absolute Gasteiger partial charge is 0.504 e. The van der Waals surface area contributed by atoms with E-state index in [-0.39, 0.29) is 10.6 Å². The van der Waals surface area contributed by atoms with Crippen molar-refractivity contribution in [1.82, 2.24) is 4.98 Å². The molecule has 24 heavy (non-hydrogen) atoms. The molecule has 0 aliphatic carbocycles. The van der Waals surface area contributed by atoms with Gasteiger partial charge in [0.1, 0.15) is 16.8 Å². The van der Waals surface area contributed by atoms with Gasteiger partial charge in [-0.05, 0) is 37.1 Å². The van der Waals surface area contributed by atoms with Gasteiger partial charge in [-0.3, -0.25) is 14.8 Å². The molecule has 1 aromatic heterocycles. The maximum atomic E-state index is 12.5. The van der Waals surface area contributed by atoms with Crippen LogP contribution in [0, 0.1) is 24.0 Å². The van der Waals surface area contributed by atoms with E-state index >= 15 is 0 Å². The van der Waals surface area contributed by atoms with Gasteiger partial charge in [-0.15, -0.1) is 0 Å². The first-order valence-corrected chi connectivity index (χ1v) is 8.15. The lowest BCUT2D eigenvalue weighted by molar-refractivity contribution is -0.385. The van der Waals surface area contributed by atoms with Crippen LogP contribution in [-0.4, -0.2) is 30.5 Å². The fourth-order valence-electron chi connectivity index (χ4n) is 1.94. The Morgan fingerprint density at radius 1 is 1.25 bits per heavy atom. The van der Waals surface area contributed by atoms with E-state index in [9.17, 15) is 23.6 Å². The van der Waals surface area contributed by atoms with Crippen LogP contribution in [0.2, 0.25) is 0 Å². The fraction of sp³-hybridized carbons (Fsp3) is 0.214. The number of hydrogen-bond donors (Lipinski definition) is 2. The number of hydrogen-bond acceptors (Lipinski definition) is 7. The van der Waals surface area contributed by atoms with E-state index in [1.807, 2.05) is 6.92 Å². The molecular formula is C14H15N3O6S. The fourth-order valence-corrected chi connectivity index (χ4v) is 3.20. The Labute approximate surface area is 138 Å². The zero-order chi connectivity index (χ0) is 18.1. The molecule has 2 rings (SSSR count). The Bertz CT molecular complexity index is 911. The van der Waals surface area contributed by atoms with Crippen molar-refractivity contribution in [3.05, 3.63) is 45.6 Å². The van der Waals surface area contributed by atoms with Gasteiger partial charge in [-0.2, -0.15) is 0 Å². The van der Waals surface area contributed by atoms with Crippen LogP contribution in [-0.2, 0) is 10.0 Å². The first-order valence-electron chi connectivity index (χ1n) is 6.67. The second-order valence-electron chi connectivity index (χ2n) is 5.01. The van der Waals surface area contributed by atoms with Crippen LogP contribution in [0.3, 0.4) is 0 Å². The number of anilines is 1. The number of sulfonamides is 1. The van der Waals surface area contributed by atoms with Crippen molar-refractivity contribution in [2.24, 2.45) is 0 Å². The van der Waals surface area contributed by atoms with Gasteiger partial charge in [-0.1, -0.05) is 0 Å². The molecule has 0 bridgehead atoms. The number of aromatic hydroxyl groups is 1. The summed E-state index contributed by atoms with van der Waals surface area (Å²) in [5.74, 6) is -0.941. The molecule has 0 aliphatic rings. The van der Waals surface area contributed by atoms with Gasteiger partial charge in [-0.25, -0.2) is 13.4 Å². The van der Waals surface area contributed by atoms with Gasteiger partial charge in [0.25, 0.3) is 15.7 Å². The molecule has 128 valence electrons. The van der Waals surface area contributed by atoms with Gasteiger partial charge in [0.15, 0.2) is 11.6 Å². The highest BCUT2D eigenvalue weighted by Crippen LogP contribution is 2.31. The number of nitrogens with one attached hydrogen (secondary N) is 1. The van der Waals surface area contributed by atoms with Crippen molar-refractivity contribution in [2.75, 3.05) is 11.8 Å². The van der Waals surface area contributed by atoms with Crippen molar-refractivity contribution in [1.29, 1.82) is 0 Å². The van der Waals surface area contributed by atoms with Crippen molar-refractivity contribution >= 4 is 21.5 Å². The average Bonchev–Trinajstić information content (AvgIpc) is 2.51. The van der Waals surface area contributed by atoms with E-state index < -0.39 is 32.2 Å². The van der Waals surface area contributed by atoms with Crippen molar-refractivity contribution < 1.29 is 23.2 Å². The van der Waals surface area contributed by atoms with E-state index in [0.29, 0.717) is 0 Å². The third kappa shape index (κ3) is 3.38. The van der Waals surface area contributed by atoms with E-state index in [0.717, 1.165) is 23.4 Å². The van der Waals surface area contributed by atoms with Crippen LogP contribution < -0.4 is 9.46 Å². The van der Waals surface area contributed by atoms with Crippen LogP contribution in [0.25, 0.3) is 0 Å². The lowest BCUT2D eigenvalue weighted by Crippen LogP contribution is -2.15. The minimum Gasteiger partial charge on any atom is -0.504 e. The van der Waals surface area contributed by atoms with Crippen LogP contribution >= 0.6 is 0 Å². The van der Waals surface area contributed by atoms with E-state index in [2.05, 4.69) is 9.71 Å². The Morgan fingerprint density at radius 3 is 2.42 bits per heavy atom. The normalized spacial score (nSPS) is 11.1. The smallest absolute Gasteiger partial charge is 0.291 e. The molecule has 1 aromatic carbocycles. The number of benzene rings is 1. The summed E-state index contributed by atoms with van der Waals surface area (Å²) in [6.07, 6.45) is 0.842. The minimum atomic E-state index is -4.12. The van der Waals surface area contributed by atoms with Crippen LogP contribution in [0.1, 0.15) is 11.1 Å². The molecule has 0 radical (unpaired) electrons. The predicted molar refractivity (Wildman–Crippen MR) is 85.8 cm³/mol. The van der Waals surface area contributed by atoms with E-state index in [1.54, 1.807) is 13.0 Å². The number of nitro groups is 1. The summed E-state index contributed by atoms with van der Waals surface area (Å²) in [6.45, 7) is 3.56. The number of pyridine rings is 1. The first-order chi connectivity index (χ1) is 11.2. The Morgan fingerprint density at radius 2 is 1.88 bits per heavy atom. The molecule has 1 heterocycles. The first kappa shape index (κ1) is 17.5. The van der Waals surface area contributed by atoms with Crippen molar-refractivity contribution in [3.8, 4) is 11.5 Å². The monoisotopic (exact) mass is 353 g/mol. The van der Waals surface area contributed by atoms with E-state index in [1.165, 1.54) is 13.2 Å². The molecular weight excluding hydrogens is 338 g/mol. The molecule has 0 aliphatic heterocycles. The molecule has 9 nitrogen and oxygen atoms in total. The average molecular weight is 353 g/mol. The zero-order valence-electron chi connectivity index (χ0n) is 13.1. The third-order valence-electron chi connectivity index (χ3n) is 3.36. The topological polar surface area (TPSA) is 132 Å². The summed E-state index contributed by atoms with van der Waals surface area (Å²) in [7, 11) is -2.78. The number of aromatic nitrogens is 1. The highest BCUT2D eigenvalue weighted by atomic mass is 32.2. The Balaban J connectivity index is 2.46. The number of rotatable bonds is 5. The number of nitrogens with zero attached hydrogens (tertiary/aromatic N) is 2. The van der Waals surface area contributed by atoms with Crippen LogP contribution in [0.5, 0.6) is 11.5 Å². The zero-order valence-corrected chi connectivity index (χ0v) is 13.9. The lowest BCUT2D eigenvalue weighted by Gasteiger charge is -2.13. The van der Waals surface area contributed by atoms with E-state index in [4.69, 9.17) is 4.74 Å². The van der Waals surface area contributed by atoms with Gasteiger partial charge in [0.2, 0.25) is 0 Å².